The second-order valence-electron chi connectivity index (χ2n) is 5.32. The van der Waals surface area contributed by atoms with Crippen LogP contribution in [0.4, 0.5) is 5.00 Å². The Labute approximate surface area is 140 Å². The lowest BCUT2D eigenvalue weighted by molar-refractivity contribution is 0.0527. The summed E-state index contributed by atoms with van der Waals surface area (Å²) in [7, 11) is 0. The smallest absolute Gasteiger partial charge is 0.341 e. The maximum absolute atomic E-state index is 12.2. The quantitative estimate of drug-likeness (QED) is 0.631. The molecule has 23 heavy (non-hydrogen) atoms. The van der Waals surface area contributed by atoms with Crippen LogP contribution in [-0.4, -0.2) is 18.4 Å². The number of carbonyl (C=O) groups is 2. The second kappa shape index (κ2) is 7.42. The van der Waals surface area contributed by atoms with E-state index in [1.54, 1.807) is 13.8 Å². The number of Topliss-reactive ketones (excluding diaryl/α,β-unsaturated/α-hetero) is 1. The first-order valence-corrected chi connectivity index (χ1v) is 8.37. The van der Waals surface area contributed by atoms with Gasteiger partial charge in [-0.15, -0.1) is 11.3 Å². The lowest BCUT2D eigenvalue weighted by atomic mass is 10.1. The van der Waals surface area contributed by atoms with Crippen molar-refractivity contribution in [3.63, 3.8) is 0 Å². The molecule has 1 N–H and O–H groups in total. The number of benzene rings is 1. The van der Waals surface area contributed by atoms with Crippen molar-refractivity contribution < 1.29 is 14.3 Å². The van der Waals surface area contributed by atoms with Crippen molar-refractivity contribution in [2.75, 3.05) is 11.9 Å². The van der Waals surface area contributed by atoms with Crippen LogP contribution in [0.3, 0.4) is 0 Å². The summed E-state index contributed by atoms with van der Waals surface area (Å²) in [6.45, 7) is 8.02. The number of hydrogen-bond acceptors (Lipinski definition) is 5. The Hall–Kier alpha value is -2.14. The zero-order valence-corrected chi connectivity index (χ0v) is 14.7. The van der Waals surface area contributed by atoms with E-state index in [1.165, 1.54) is 23.8 Å². The number of carbonyl (C=O) groups excluding carboxylic acids is 2. The average Bonchev–Trinajstić information content (AvgIpc) is 2.83. The summed E-state index contributed by atoms with van der Waals surface area (Å²) in [5.41, 5.74) is 3.49. The third kappa shape index (κ3) is 3.79. The Balaban J connectivity index is 2.33. The van der Waals surface area contributed by atoms with Crippen LogP contribution >= 0.6 is 11.3 Å². The molecule has 5 heteroatoms. The van der Waals surface area contributed by atoms with Crippen LogP contribution in [0, 0.1) is 13.8 Å². The zero-order valence-electron chi connectivity index (χ0n) is 13.9. The number of hydrogen-bond donors (Lipinski definition) is 1. The Bertz CT molecular complexity index is 734. The molecule has 0 aliphatic rings. The van der Waals surface area contributed by atoms with Gasteiger partial charge in [0.25, 0.3) is 0 Å². The Morgan fingerprint density at radius 1 is 1.22 bits per heavy atom. The minimum absolute atomic E-state index is 0.0398. The standard InChI is InChI=1S/C18H21NO3S/c1-5-22-18(21)15-12(3)16(13(4)20)23-17(15)19-10-14-9-7-6-8-11(14)2/h6-9,19H,5,10H2,1-4H3. The first kappa shape index (κ1) is 17.2. The van der Waals surface area contributed by atoms with Crippen molar-refractivity contribution in [2.24, 2.45) is 0 Å². The molecule has 0 saturated carbocycles. The monoisotopic (exact) mass is 331 g/mol. The van der Waals surface area contributed by atoms with Crippen LogP contribution in [0.15, 0.2) is 24.3 Å². The molecule has 0 bridgehead atoms. The van der Waals surface area contributed by atoms with Crippen LogP contribution < -0.4 is 5.32 Å². The molecule has 0 spiro atoms. The highest BCUT2D eigenvalue weighted by atomic mass is 32.1. The molecule has 0 radical (unpaired) electrons. The van der Waals surface area contributed by atoms with Crippen molar-refractivity contribution in [1.82, 2.24) is 0 Å². The van der Waals surface area contributed by atoms with Crippen molar-refractivity contribution in [2.45, 2.75) is 34.2 Å². The summed E-state index contributed by atoms with van der Waals surface area (Å²) in [5, 5.41) is 3.98. The van der Waals surface area contributed by atoms with Crippen LogP contribution in [0.25, 0.3) is 0 Å². The van der Waals surface area contributed by atoms with Crippen molar-refractivity contribution in [3.8, 4) is 0 Å². The van der Waals surface area contributed by atoms with Gasteiger partial charge in [-0.2, -0.15) is 0 Å². The van der Waals surface area contributed by atoms with Crippen LogP contribution in [0.2, 0.25) is 0 Å². The van der Waals surface area contributed by atoms with E-state index in [-0.39, 0.29) is 11.8 Å². The van der Waals surface area contributed by atoms with Gasteiger partial charge in [-0.3, -0.25) is 4.79 Å². The molecule has 0 fully saturated rings. The molecule has 4 nitrogen and oxygen atoms in total. The van der Waals surface area contributed by atoms with Gasteiger partial charge < -0.3 is 10.1 Å². The topological polar surface area (TPSA) is 55.4 Å². The summed E-state index contributed by atoms with van der Waals surface area (Å²) in [5.74, 6) is -0.428. The molecule has 2 rings (SSSR count). The third-order valence-electron chi connectivity index (χ3n) is 3.65. The third-order valence-corrected chi connectivity index (χ3v) is 5.00. The number of esters is 1. The summed E-state index contributed by atoms with van der Waals surface area (Å²) >= 11 is 1.31. The minimum atomic E-state index is -0.388. The normalized spacial score (nSPS) is 10.4. The van der Waals surface area contributed by atoms with Crippen LogP contribution in [0.5, 0.6) is 0 Å². The number of thiophene rings is 1. The predicted molar refractivity (Wildman–Crippen MR) is 93.5 cm³/mol. The fourth-order valence-corrected chi connectivity index (χ4v) is 3.49. The van der Waals surface area contributed by atoms with Gasteiger partial charge >= 0.3 is 5.97 Å². The summed E-state index contributed by atoms with van der Waals surface area (Å²) in [6, 6.07) is 8.06. The van der Waals surface area contributed by atoms with Crippen molar-refractivity contribution >= 4 is 28.1 Å². The first-order chi connectivity index (χ1) is 11.0. The Morgan fingerprint density at radius 2 is 1.91 bits per heavy atom. The first-order valence-electron chi connectivity index (χ1n) is 7.55. The van der Waals surface area contributed by atoms with E-state index < -0.39 is 0 Å². The SMILES string of the molecule is CCOC(=O)c1c(NCc2ccccc2C)sc(C(C)=O)c1C. The van der Waals surface area contributed by atoms with E-state index in [0.29, 0.717) is 34.2 Å². The molecule has 1 heterocycles. The number of ketones is 1. The summed E-state index contributed by atoms with van der Waals surface area (Å²) < 4.78 is 5.13. The molecule has 0 atom stereocenters. The predicted octanol–water partition coefficient (Wildman–Crippen LogP) is 4.36. The molecule has 2 aromatic rings. The minimum Gasteiger partial charge on any atom is -0.462 e. The molecule has 0 amide bonds. The highest BCUT2D eigenvalue weighted by Crippen LogP contribution is 2.34. The number of aryl methyl sites for hydroxylation is 1. The van der Waals surface area contributed by atoms with Crippen molar-refractivity contribution in [3.05, 3.63) is 51.4 Å². The van der Waals surface area contributed by atoms with E-state index in [1.807, 2.05) is 31.2 Å². The Morgan fingerprint density at radius 3 is 2.52 bits per heavy atom. The molecule has 0 unspecified atom stereocenters. The molecule has 1 aromatic carbocycles. The van der Waals surface area contributed by atoms with Gasteiger partial charge in [0, 0.05) is 6.54 Å². The van der Waals surface area contributed by atoms with E-state index in [2.05, 4.69) is 5.32 Å². The van der Waals surface area contributed by atoms with Gasteiger partial charge in [0.15, 0.2) is 5.78 Å². The molecule has 0 aliphatic heterocycles. The van der Waals surface area contributed by atoms with E-state index in [9.17, 15) is 9.59 Å². The number of anilines is 1. The fraction of sp³-hybridized carbons (Fsp3) is 0.333. The highest BCUT2D eigenvalue weighted by Gasteiger charge is 2.24. The van der Waals surface area contributed by atoms with Crippen LogP contribution in [-0.2, 0) is 11.3 Å². The van der Waals surface area contributed by atoms with E-state index in [4.69, 9.17) is 4.74 Å². The van der Waals surface area contributed by atoms with Crippen LogP contribution in [0.1, 0.15) is 50.6 Å². The summed E-state index contributed by atoms with van der Waals surface area (Å²) in [6.07, 6.45) is 0. The average molecular weight is 331 g/mol. The van der Waals surface area contributed by atoms with E-state index >= 15 is 0 Å². The second-order valence-corrected chi connectivity index (χ2v) is 6.34. The number of ether oxygens (including phenoxy) is 1. The fourth-order valence-electron chi connectivity index (χ4n) is 2.41. The summed E-state index contributed by atoms with van der Waals surface area (Å²) in [4.78, 5) is 24.6. The van der Waals surface area contributed by atoms with Crippen molar-refractivity contribution in [1.29, 1.82) is 0 Å². The Kier molecular flexibility index (Phi) is 5.55. The lowest BCUT2D eigenvalue weighted by Crippen LogP contribution is -2.09. The van der Waals surface area contributed by atoms with Gasteiger partial charge in [0.05, 0.1) is 17.0 Å². The largest absolute Gasteiger partial charge is 0.462 e. The van der Waals surface area contributed by atoms with Gasteiger partial charge in [0.2, 0.25) is 0 Å². The van der Waals surface area contributed by atoms with Gasteiger partial charge in [0.1, 0.15) is 5.00 Å². The lowest BCUT2D eigenvalue weighted by Gasteiger charge is -2.09. The highest BCUT2D eigenvalue weighted by molar-refractivity contribution is 7.18. The molecule has 0 saturated heterocycles. The van der Waals surface area contributed by atoms with Gasteiger partial charge in [-0.05, 0) is 44.4 Å². The van der Waals surface area contributed by atoms with E-state index in [0.717, 1.165) is 5.56 Å². The molecular formula is C18H21NO3S. The molecule has 0 aliphatic carbocycles. The van der Waals surface area contributed by atoms with Gasteiger partial charge in [-0.25, -0.2) is 4.79 Å². The zero-order chi connectivity index (χ0) is 17.0. The molecular weight excluding hydrogens is 310 g/mol. The maximum Gasteiger partial charge on any atom is 0.341 e. The number of nitrogens with one attached hydrogen (secondary N) is 1. The van der Waals surface area contributed by atoms with Gasteiger partial charge in [-0.1, -0.05) is 24.3 Å². The molecule has 122 valence electrons. The maximum atomic E-state index is 12.2. The molecule has 1 aromatic heterocycles. The number of rotatable bonds is 6.